The zero-order chi connectivity index (χ0) is 20.6. The fraction of sp³-hybridized carbons (Fsp3) is 0.261. The van der Waals surface area contributed by atoms with Gasteiger partial charge in [-0.25, -0.2) is 9.78 Å². The van der Waals surface area contributed by atoms with Crippen LogP contribution in [0.25, 0.3) is 11.3 Å². The van der Waals surface area contributed by atoms with Gasteiger partial charge in [0.05, 0.1) is 17.9 Å². The Bertz CT molecular complexity index is 943. The van der Waals surface area contributed by atoms with Gasteiger partial charge in [0.1, 0.15) is 5.82 Å². The molecule has 0 aliphatic rings. The van der Waals surface area contributed by atoms with Crippen molar-refractivity contribution in [3.63, 3.8) is 0 Å². The highest BCUT2D eigenvalue weighted by molar-refractivity contribution is 5.89. The summed E-state index contributed by atoms with van der Waals surface area (Å²) in [5, 5.41) is 6.64. The molecule has 1 heterocycles. The van der Waals surface area contributed by atoms with Crippen molar-refractivity contribution in [3.05, 3.63) is 66.2 Å². The van der Waals surface area contributed by atoms with Crippen molar-refractivity contribution in [1.29, 1.82) is 0 Å². The van der Waals surface area contributed by atoms with Crippen molar-refractivity contribution in [2.75, 3.05) is 17.2 Å². The lowest BCUT2D eigenvalue weighted by atomic mass is 10.1. The molecule has 150 valence electrons. The summed E-state index contributed by atoms with van der Waals surface area (Å²) in [6.07, 6.45) is 0.989. The van der Waals surface area contributed by atoms with Crippen LogP contribution in [0.5, 0.6) is 0 Å². The highest BCUT2D eigenvalue weighted by Crippen LogP contribution is 2.24. The maximum atomic E-state index is 11.8. The molecule has 0 saturated heterocycles. The fourth-order valence-electron chi connectivity index (χ4n) is 2.72. The van der Waals surface area contributed by atoms with Crippen LogP contribution in [0.4, 0.5) is 17.5 Å². The number of carbonyl (C=O) groups is 1. The number of nitrogens with zero attached hydrogens (tertiary/aromatic N) is 2. The van der Waals surface area contributed by atoms with Gasteiger partial charge in [-0.1, -0.05) is 37.3 Å². The minimum absolute atomic E-state index is 0.297. The van der Waals surface area contributed by atoms with E-state index < -0.39 is 0 Å². The number of rotatable bonds is 8. The predicted molar refractivity (Wildman–Crippen MR) is 117 cm³/mol. The minimum atomic E-state index is -0.332. The minimum Gasteiger partial charge on any atom is -0.462 e. The Morgan fingerprint density at radius 3 is 2.41 bits per heavy atom. The third-order valence-corrected chi connectivity index (χ3v) is 4.45. The molecule has 1 aromatic heterocycles. The Morgan fingerprint density at radius 1 is 1.03 bits per heavy atom. The molecule has 3 aromatic rings. The van der Waals surface area contributed by atoms with E-state index in [0.717, 1.165) is 29.2 Å². The molecular formula is C23H26N4O2. The lowest BCUT2D eigenvalue weighted by Gasteiger charge is -2.15. The van der Waals surface area contributed by atoms with Crippen LogP contribution in [0.1, 0.15) is 37.6 Å². The van der Waals surface area contributed by atoms with Gasteiger partial charge in [0, 0.05) is 23.4 Å². The number of aromatic nitrogens is 2. The molecule has 0 aliphatic heterocycles. The first-order valence-electron chi connectivity index (χ1n) is 9.84. The van der Waals surface area contributed by atoms with Crippen LogP contribution in [-0.2, 0) is 4.74 Å². The van der Waals surface area contributed by atoms with Crippen molar-refractivity contribution in [3.8, 4) is 11.3 Å². The van der Waals surface area contributed by atoms with Gasteiger partial charge in [-0.15, -0.1) is 0 Å². The van der Waals surface area contributed by atoms with Gasteiger partial charge in [0.2, 0.25) is 5.95 Å². The Balaban J connectivity index is 1.87. The zero-order valence-electron chi connectivity index (χ0n) is 17.0. The van der Waals surface area contributed by atoms with Gasteiger partial charge in [0.15, 0.2) is 0 Å². The van der Waals surface area contributed by atoms with Gasteiger partial charge in [-0.3, -0.25) is 0 Å². The SMILES string of the molecule is CCOC(=O)c1ccc(Nc2nc(NC(C)CC)cc(-c3ccccc3)n2)cc1. The molecule has 1 unspecified atom stereocenters. The van der Waals surface area contributed by atoms with E-state index in [1.807, 2.05) is 48.5 Å². The fourth-order valence-corrected chi connectivity index (χ4v) is 2.72. The van der Waals surface area contributed by atoms with E-state index in [9.17, 15) is 4.79 Å². The monoisotopic (exact) mass is 390 g/mol. The van der Waals surface area contributed by atoms with E-state index in [4.69, 9.17) is 4.74 Å². The number of hydrogen-bond acceptors (Lipinski definition) is 6. The average Bonchev–Trinajstić information content (AvgIpc) is 2.75. The summed E-state index contributed by atoms with van der Waals surface area (Å²) in [6.45, 7) is 6.38. The zero-order valence-corrected chi connectivity index (χ0v) is 17.0. The van der Waals surface area contributed by atoms with Crippen LogP contribution in [0, 0.1) is 0 Å². The van der Waals surface area contributed by atoms with Crippen molar-refractivity contribution in [2.24, 2.45) is 0 Å². The van der Waals surface area contributed by atoms with Gasteiger partial charge in [-0.05, 0) is 44.5 Å². The molecule has 6 heteroatoms. The number of esters is 1. The van der Waals surface area contributed by atoms with Crippen LogP contribution in [0.2, 0.25) is 0 Å². The third kappa shape index (κ3) is 5.54. The molecule has 0 amide bonds. The quantitative estimate of drug-likeness (QED) is 0.510. The number of ether oxygens (including phenoxy) is 1. The number of hydrogen-bond donors (Lipinski definition) is 2. The van der Waals surface area contributed by atoms with Gasteiger partial charge in [-0.2, -0.15) is 4.98 Å². The number of nitrogens with one attached hydrogen (secondary N) is 2. The first kappa shape index (κ1) is 20.3. The third-order valence-electron chi connectivity index (χ3n) is 4.45. The summed E-state index contributed by atoms with van der Waals surface area (Å²) >= 11 is 0. The Labute approximate surface area is 171 Å². The van der Waals surface area contributed by atoms with Crippen LogP contribution in [0.3, 0.4) is 0 Å². The first-order valence-corrected chi connectivity index (χ1v) is 9.84. The second kappa shape index (κ2) is 9.68. The van der Waals surface area contributed by atoms with Gasteiger partial charge < -0.3 is 15.4 Å². The topological polar surface area (TPSA) is 76.1 Å². The maximum absolute atomic E-state index is 11.8. The molecule has 2 aromatic carbocycles. The standard InChI is InChI=1S/C23H26N4O2/c1-4-16(3)24-21-15-20(17-9-7-6-8-10-17)26-23(27-21)25-19-13-11-18(12-14-19)22(28)29-5-2/h6-16H,4-5H2,1-3H3,(H2,24,25,26,27). The van der Waals surface area contributed by atoms with Crippen molar-refractivity contribution in [1.82, 2.24) is 9.97 Å². The number of anilines is 3. The average molecular weight is 390 g/mol. The summed E-state index contributed by atoms with van der Waals surface area (Å²) < 4.78 is 5.02. The Kier molecular flexibility index (Phi) is 6.79. The van der Waals surface area contributed by atoms with Crippen LogP contribution in [0.15, 0.2) is 60.7 Å². The lowest BCUT2D eigenvalue weighted by molar-refractivity contribution is 0.0526. The van der Waals surface area contributed by atoms with Crippen LogP contribution in [-0.4, -0.2) is 28.6 Å². The summed E-state index contributed by atoms with van der Waals surface area (Å²) in [5.74, 6) is 0.918. The molecule has 0 saturated carbocycles. The molecule has 2 N–H and O–H groups in total. The van der Waals surface area contributed by atoms with Gasteiger partial charge >= 0.3 is 5.97 Å². The lowest BCUT2D eigenvalue weighted by Crippen LogP contribution is -2.15. The highest BCUT2D eigenvalue weighted by atomic mass is 16.5. The first-order chi connectivity index (χ1) is 14.1. The largest absolute Gasteiger partial charge is 0.462 e. The predicted octanol–water partition coefficient (Wildman–Crippen LogP) is 5.27. The molecule has 0 radical (unpaired) electrons. The van der Waals surface area contributed by atoms with Crippen LogP contribution < -0.4 is 10.6 Å². The normalized spacial score (nSPS) is 11.6. The van der Waals surface area contributed by atoms with E-state index in [1.54, 1.807) is 19.1 Å². The highest BCUT2D eigenvalue weighted by Gasteiger charge is 2.10. The summed E-state index contributed by atoms with van der Waals surface area (Å²) in [4.78, 5) is 21.1. The van der Waals surface area contributed by atoms with Crippen molar-refractivity contribution < 1.29 is 9.53 Å². The van der Waals surface area contributed by atoms with Crippen LogP contribution >= 0.6 is 0 Å². The smallest absolute Gasteiger partial charge is 0.338 e. The molecule has 6 nitrogen and oxygen atoms in total. The Morgan fingerprint density at radius 2 is 1.76 bits per heavy atom. The Hall–Kier alpha value is -3.41. The van der Waals surface area contributed by atoms with E-state index in [-0.39, 0.29) is 5.97 Å². The molecule has 29 heavy (non-hydrogen) atoms. The van der Waals surface area contributed by atoms with E-state index in [0.29, 0.717) is 24.2 Å². The molecule has 1 atom stereocenters. The second-order valence-corrected chi connectivity index (χ2v) is 6.70. The maximum Gasteiger partial charge on any atom is 0.338 e. The summed E-state index contributed by atoms with van der Waals surface area (Å²) in [7, 11) is 0. The number of carbonyl (C=O) groups excluding carboxylic acids is 1. The molecule has 0 bridgehead atoms. The van der Waals surface area contributed by atoms with E-state index >= 15 is 0 Å². The van der Waals surface area contributed by atoms with E-state index in [1.165, 1.54) is 0 Å². The molecule has 0 spiro atoms. The summed E-state index contributed by atoms with van der Waals surface area (Å²) in [6, 6.07) is 19.3. The van der Waals surface area contributed by atoms with E-state index in [2.05, 4.69) is 34.4 Å². The molecule has 3 rings (SSSR count). The number of benzene rings is 2. The molecular weight excluding hydrogens is 364 g/mol. The van der Waals surface area contributed by atoms with Crippen molar-refractivity contribution in [2.45, 2.75) is 33.2 Å². The molecule has 0 aliphatic carbocycles. The van der Waals surface area contributed by atoms with Crippen molar-refractivity contribution >= 4 is 23.4 Å². The summed E-state index contributed by atoms with van der Waals surface area (Å²) in [5.41, 5.74) is 3.15. The molecule has 0 fully saturated rings. The van der Waals surface area contributed by atoms with Gasteiger partial charge in [0.25, 0.3) is 0 Å². The second-order valence-electron chi connectivity index (χ2n) is 6.70.